The van der Waals surface area contributed by atoms with Crippen molar-refractivity contribution in [2.24, 2.45) is 5.84 Å². The van der Waals surface area contributed by atoms with Crippen LogP contribution in [0.4, 0.5) is 5.82 Å². The molecule has 3 N–H and O–H groups in total. The van der Waals surface area contributed by atoms with E-state index in [0.717, 1.165) is 13.0 Å². The molecule has 2 rings (SSSR count). The van der Waals surface area contributed by atoms with E-state index in [-0.39, 0.29) is 5.69 Å². The molecule has 0 unspecified atom stereocenters. The van der Waals surface area contributed by atoms with Gasteiger partial charge in [-0.15, -0.1) is 0 Å². The van der Waals surface area contributed by atoms with E-state index in [9.17, 15) is 4.79 Å². The molecule has 0 saturated heterocycles. The number of imidazole rings is 1. The van der Waals surface area contributed by atoms with Crippen LogP contribution in [0.5, 0.6) is 0 Å². The number of nitrogens with two attached hydrogens (primary N) is 1. The molecule has 0 radical (unpaired) electrons. The largest absolute Gasteiger partial charge is 0.328 e. The first-order valence-electron chi connectivity index (χ1n) is 5.77. The van der Waals surface area contributed by atoms with Gasteiger partial charge in [-0.1, -0.05) is 6.92 Å². The molecule has 2 aromatic rings. The highest BCUT2D eigenvalue weighted by atomic mass is 16.1. The van der Waals surface area contributed by atoms with Crippen LogP contribution in [0.3, 0.4) is 0 Å². The molecule has 96 valence electrons. The minimum Gasteiger partial charge on any atom is -0.307 e. The number of hydrogen-bond acceptors (Lipinski definition) is 5. The topological polar surface area (TPSA) is 90.8 Å². The molecule has 7 heteroatoms. The Hall–Kier alpha value is -2.15. The Kier molecular flexibility index (Phi) is 3.73. The summed E-state index contributed by atoms with van der Waals surface area (Å²) in [5.74, 6) is 5.70. The van der Waals surface area contributed by atoms with Gasteiger partial charge >= 0.3 is 5.69 Å². The highest BCUT2D eigenvalue weighted by Crippen LogP contribution is 2.00. The molecule has 0 aliphatic heterocycles. The molecule has 0 spiro atoms. The van der Waals surface area contributed by atoms with Crippen LogP contribution < -0.4 is 17.0 Å². The van der Waals surface area contributed by atoms with Gasteiger partial charge in [0.05, 0.1) is 24.6 Å². The third-order valence-corrected chi connectivity index (χ3v) is 2.57. The summed E-state index contributed by atoms with van der Waals surface area (Å²) in [6, 6.07) is 0. The molecule has 7 nitrogen and oxygen atoms in total. The molecular formula is C11H16N6O. The Morgan fingerprint density at radius 2 is 2.06 bits per heavy atom. The van der Waals surface area contributed by atoms with Gasteiger partial charge < -0.3 is 5.43 Å². The van der Waals surface area contributed by atoms with Crippen molar-refractivity contribution in [3.8, 4) is 0 Å². The summed E-state index contributed by atoms with van der Waals surface area (Å²) in [5, 5.41) is 0. The third-order valence-electron chi connectivity index (χ3n) is 2.57. The van der Waals surface area contributed by atoms with Gasteiger partial charge in [-0.25, -0.2) is 15.6 Å². The lowest BCUT2D eigenvalue weighted by atomic mass is 10.4. The lowest BCUT2D eigenvalue weighted by Crippen LogP contribution is -2.24. The van der Waals surface area contributed by atoms with E-state index >= 15 is 0 Å². The number of aryl methyl sites for hydroxylation is 1. The fraction of sp³-hybridized carbons (Fsp3) is 0.364. The average Bonchev–Trinajstić information content (AvgIpc) is 2.73. The van der Waals surface area contributed by atoms with E-state index in [1.54, 1.807) is 27.7 Å². The summed E-state index contributed by atoms with van der Waals surface area (Å²) < 4.78 is 3.29. The van der Waals surface area contributed by atoms with E-state index in [2.05, 4.69) is 15.4 Å². The Labute approximate surface area is 104 Å². The maximum absolute atomic E-state index is 11.9. The van der Waals surface area contributed by atoms with Crippen molar-refractivity contribution >= 4 is 5.82 Å². The van der Waals surface area contributed by atoms with Crippen molar-refractivity contribution in [2.45, 2.75) is 26.4 Å². The zero-order valence-corrected chi connectivity index (χ0v) is 10.2. The van der Waals surface area contributed by atoms with Gasteiger partial charge in [0, 0.05) is 18.9 Å². The van der Waals surface area contributed by atoms with E-state index in [4.69, 9.17) is 5.84 Å². The van der Waals surface area contributed by atoms with E-state index < -0.39 is 0 Å². The lowest BCUT2D eigenvalue weighted by molar-refractivity contribution is 0.620. The quantitative estimate of drug-likeness (QED) is 0.582. The molecule has 2 aromatic heterocycles. The highest BCUT2D eigenvalue weighted by molar-refractivity contribution is 5.28. The Morgan fingerprint density at radius 1 is 1.28 bits per heavy atom. The molecule has 0 atom stereocenters. The van der Waals surface area contributed by atoms with E-state index in [0.29, 0.717) is 18.1 Å². The van der Waals surface area contributed by atoms with E-state index in [1.165, 1.54) is 6.20 Å². The maximum atomic E-state index is 11.9. The second-order valence-electron chi connectivity index (χ2n) is 3.94. The molecule has 0 fully saturated rings. The van der Waals surface area contributed by atoms with Gasteiger partial charge in [-0.2, -0.15) is 0 Å². The SMILES string of the molecule is CCCn1ccn(Cc2cnc(NN)cn2)c1=O. The Bertz CT molecular complexity index is 556. The predicted octanol–water partition coefficient (Wildman–Crippen LogP) is 0.184. The molecule has 0 bridgehead atoms. The van der Waals surface area contributed by atoms with Crippen molar-refractivity contribution in [3.05, 3.63) is 41.0 Å². The summed E-state index contributed by atoms with van der Waals surface area (Å²) in [5.41, 5.74) is 3.09. The van der Waals surface area contributed by atoms with Crippen LogP contribution in [-0.4, -0.2) is 19.1 Å². The van der Waals surface area contributed by atoms with Crippen molar-refractivity contribution in [1.29, 1.82) is 0 Å². The molecule has 0 amide bonds. The molecule has 0 aliphatic carbocycles. The molecule has 0 aliphatic rings. The van der Waals surface area contributed by atoms with Gasteiger partial charge in [0.1, 0.15) is 0 Å². The molecule has 18 heavy (non-hydrogen) atoms. The standard InChI is InChI=1S/C11H16N6O/c1-2-3-16-4-5-17(11(16)18)8-9-6-14-10(15-12)7-13-9/h4-7H,2-3,8,12H2,1H3,(H,14,15). The fourth-order valence-corrected chi connectivity index (χ4v) is 1.67. The van der Waals surface area contributed by atoms with Crippen LogP contribution in [-0.2, 0) is 13.1 Å². The number of hydrogen-bond donors (Lipinski definition) is 2. The first-order valence-corrected chi connectivity index (χ1v) is 5.77. The van der Waals surface area contributed by atoms with Crippen LogP contribution in [0.25, 0.3) is 0 Å². The predicted molar refractivity (Wildman–Crippen MR) is 67.9 cm³/mol. The van der Waals surface area contributed by atoms with E-state index in [1.807, 2.05) is 6.92 Å². The molecule has 0 saturated carbocycles. The molecule has 0 aromatic carbocycles. The van der Waals surface area contributed by atoms with Crippen LogP contribution in [0.2, 0.25) is 0 Å². The molecular weight excluding hydrogens is 232 g/mol. The van der Waals surface area contributed by atoms with Crippen molar-refractivity contribution in [2.75, 3.05) is 5.43 Å². The number of aromatic nitrogens is 4. The second-order valence-corrected chi connectivity index (χ2v) is 3.94. The molecule has 2 heterocycles. The summed E-state index contributed by atoms with van der Waals surface area (Å²) in [6.07, 6.45) is 7.60. The normalized spacial score (nSPS) is 10.6. The number of hydrazine groups is 1. The van der Waals surface area contributed by atoms with Crippen molar-refractivity contribution < 1.29 is 0 Å². The first-order chi connectivity index (χ1) is 8.74. The van der Waals surface area contributed by atoms with Gasteiger partial charge in [-0.05, 0) is 6.42 Å². The number of anilines is 1. The van der Waals surface area contributed by atoms with Crippen molar-refractivity contribution in [1.82, 2.24) is 19.1 Å². The number of nitrogens with one attached hydrogen (secondary N) is 1. The van der Waals surface area contributed by atoms with Gasteiger partial charge in [0.15, 0.2) is 5.82 Å². The van der Waals surface area contributed by atoms with Crippen LogP contribution in [0.15, 0.2) is 29.6 Å². The Morgan fingerprint density at radius 3 is 2.67 bits per heavy atom. The number of nitrogen functional groups attached to an aromatic ring is 1. The van der Waals surface area contributed by atoms with Gasteiger partial charge in [-0.3, -0.25) is 14.1 Å². The maximum Gasteiger partial charge on any atom is 0.328 e. The zero-order chi connectivity index (χ0) is 13.0. The summed E-state index contributed by atoms with van der Waals surface area (Å²) >= 11 is 0. The van der Waals surface area contributed by atoms with Crippen LogP contribution in [0.1, 0.15) is 19.0 Å². The van der Waals surface area contributed by atoms with Crippen molar-refractivity contribution in [3.63, 3.8) is 0 Å². The second kappa shape index (κ2) is 5.46. The van der Waals surface area contributed by atoms with Crippen LogP contribution in [0, 0.1) is 0 Å². The minimum atomic E-state index is -0.0281. The number of nitrogens with zero attached hydrogens (tertiary/aromatic N) is 4. The first kappa shape index (κ1) is 12.3. The Balaban J connectivity index is 2.15. The summed E-state index contributed by atoms with van der Waals surface area (Å²) in [7, 11) is 0. The zero-order valence-electron chi connectivity index (χ0n) is 10.2. The van der Waals surface area contributed by atoms with Crippen LogP contribution >= 0.6 is 0 Å². The minimum absolute atomic E-state index is 0.0281. The number of rotatable bonds is 5. The average molecular weight is 248 g/mol. The third kappa shape index (κ3) is 2.57. The fourth-order valence-electron chi connectivity index (χ4n) is 1.67. The smallest absolute Gasteiger partial charge is 0.307 e. The summed E-state index contributed by atoms with van der Waals surface area (Å²) in [6.45, 7) is 3.18. The van der Waals surface area contributed by atoms with Gasteiger partial charge in [0.25, 0.3) is 0 Å². The van der Waals surface area contributed by atoms with Gasteiger partial charge in [0.2, 0.25) is 0 Å². The monoisotopic (exact) mass is 248 g/mol. The summed E-state index contributed by atoms with van der Waals surface area (Å²) in [4.78, 5) is 20.1. The lowest BCUT2D eigenvalue weighted by Gasteiger charge is -2.02. The highest BCUT2D eigenvalue weighted by Gasteiger charge is 2.04.